The largest absolute Gasteiger partial charge is 0.476 e. The van der Waals surface area contributed by atoms with Crippen LogP contribution in [0, 0.1) is 6.92 Å². The van der Waals surface area contributed by atoms with Crippen molar-refractivity contribution >= 4 is 46.3 Å². The number of carbonyl (C=O) groups excluding carboxylic acids is 3. The van der Waals surface area contributed by atoms with Crippen molar-refractivity contribution in [1.29, 1.82) is 0 Å². The zero-order chi connectivity index (χ0) is 54.0. The van der Waals surface area contributed by atoms with E-state index in [0.29, 0.717) is 62.8 Å². The number of ether oxygens (including phenoxy) is 3. The summed E-state index contributed by atoms with van der Waals surface area (Å²) in [4.78, 5) is 46.4. The number of carboxylic acid groups (broad SMARTS) is 1. The van der Waals surface area contributed by atoms with Gasteiger partial charge in [-0.3, -0.25) is 19.0 Å². The number of aliphatic hydroxyl groups is 1. The number of nitrogens with two attached hydrogens (primary N) is 1. The Morgan fingerprint density at radius 1 is 0.740 bits per heavy atom. The molecule has 4 heterocycles. The van der Waals surface area contributed by atoms with Crippen molar-refractivity contribution in [2.75, 3.05) is 47.7 Å². The summed E-state index contributed by atoms with van der Waals surface area (Å²) in [6.07, 6.45) is 4.34. The molecule has 0 spiro atoms. The minimum absolute atomic E-state index is 0.0401. The number of benzene rings is 2. The summed E-state index contributed by atoms with van der Waals surface area (Å²) in [7, 11) is 4.27. The fraction of sp³-hybridized carbons (Fsp3) is 0.489. The fourth-order valence-electron chi connectivity index (χ4n) is 5.89. The molecule has 0 atom stereocenters. The molecule has 0 aliphatic rings. The lowest BCUT2D eigenvalue weighted by Gasteiger charge is -2.08. The first kappa shape index (κ1) is 62.7. The highest BCUT2D eigenvalue weighted by atomic mass is 32.1. The van der Waals surface area contributed by atoms with Crippen molar-refractivity contribution < 1.29 is 56.8 Å². The molecule has 0 aliphatic heterocycles. The van der Waals surface area contributed by atoms with Gasteiger partial charge in [0.05, 0.1) is 31.2 Å². The minimum atomic E-state index is -4.42. The molecule has 1 amide bonds. The zero-order valence-corrected chi connectivity index (χ0v) is 43.5. The average Bonchev–Trinajstić information content (AvgIpc) is 4.24. The Hall–Kier alpha value is -6.45. The number of unbranched alkanes of at least 4 members (excludes halogenated alkanes) is 2. The third-order valence-corrected chi connectivity index (χ3v) is 11.4. The summed E-state index contributed by atoms with van der Waals surface area (Å²) in [5.41, 5.74) is 7.72. The number of hydrogen-bond donors (Lipinski definition) is 4. The summed E-state index contributed by atoms with van der Waals surface area (Å²) < 4.78 is 56.0. The van der Waals surface area contributed by atoms with Crippen LogP contribution in [0.5, 0.6) is 0 Å². The first-order chi connectivity index (χ1) is 35.1. The van der Waals surface area contributed by atoms with E-state index in [9.17, 15) is 32.3 Å². The lowest BCUT2D eigenvalue weighted by atomic mass is 10.0. The molecule has 4 aromatic heterocycles. The van der Waals surface area contributed by atoms with Gasteiger partial charge < -0.3 is 35.5 Å². The maximum absolute atomic E-state index is 12.8. The molecule has 0 bridgehead atoms. The van der Waals surface area contributed by atoms with Crippen LogP contribution in [0.3, 0.4) is 0 Å². The van der Waals surface area contributed by atoms with Gasteiger partial charge in [-0.15, -0.1) is 30.6 Å². The van der Waals surface area contributed by atoms with Gasteiger partial charge in [-0.2, -0.15) is 13.2 Å². The van der Waals surface area contributed by atoms with Crippen LogP contribution in [-0.4, -0.2) is 132 Å². The van der Waals surface area contributed by atoms with Gasteiger partial charge in [0.25, 0.3) is 5.91 Å². The SMILES string of the molecule is CCCOC.CCOC(=O)c1nnc(CCCCn2cc(C(=O)O)nn2)s1.CO.COCCNC(=O)c1nnc(CCCCn2cc(C(=O)CCc3cccc(C(F)(F)F)c3)nn2)s1.Cc1cccc(CN)c1. The van der Waals surface area contributed by atoms with E-state index in [1.807, 2.05) is 12.1 Å². The molecule has 26 heteroatoms. The number of aryl methyl sites for hydroxylation is 6. The highest BCUT2D eigenvalue weighted by Crippen LogP contribution is 2.30. The van der Waals surface area contributed by atoms with Gasteiger partial charge >= 0.3 is 18.1 Å². The summed E-state index contributed by atoms with van der Waals surface area (Å²) in [6.45, 7) is 9.66. The molecule has 2 aromatic carbocycles. The first-order valence-corrected chi connectivity index (χ1v) is 24.7. The molecular weight excluding hydrogens is 998 g/mol. The standard InChI is InChI=1S/C22H25F3N6O3S.C12H15N5O4S.C8H11N.C4H10O.CH4O/c1-34-12-10-26-20(33)21-29-28-19(35-21)7-2-3-11-31-14-17(27-30-31)18(32)9-8-15-5-4-6-16(13-15)22(23,24)25;1-2-21-12(20)10-15-14-9(22-10)5-3-4-6-17-7-8(11(18)19)13-16-17;1-7-3-2-4-8(5-7)6-9;1-3-4-5-2;1-2/h4-6,13-14H,2-3,7-12H2,1H3,(H,26,33);7H,2-6H2,1H3,(H,18,19);2-5H,6,9H2,1H3;3-4H2,1-2H3;2H,1H3. The van der Waals surface area contributed by atoms with E-state index in [1.54, 1.807) is 38.1 Å². The molecule has 0 aliphatic carbocycles. The average molecular weight is 1060 g/mol. The summed E-state index contributed by atoms with van der Waals surface area (Å²) >= 11 is 2.47. The van der Waals surface area contributed by atoms with Gasteiger partial charge in [0.1, 0.15) is 15.7 Å². The van der Waals surface area contributed by atoms with E-state index >= 15 is 0 Å². The summed E-state index contributed by atoms with van der Waals surface area (Å²) in [6, 6.07) is 13.2. The van der Waals surface area contributed by atoms with Gasteiger partial charge in [-0.05, 0) is 69.6 Å². The highest BCUT2D eigenvalue weighted by molar-refractivity contribution is 7.13. The minimum Gasteiger partial charge on any atom is -0.476 e. The van der Waals surface area contributed by atoms with E-state index in [1.165, 1.54) is 50.7 Å². The van der Waals surface area contributed by atoms with E-state index in [-0.39, 0.29) is 40.9 Å². The molecule has 0 saturated carbocycles. The van der Waals surface area contributed by atoms with Crippen molar-refractivity contribution in [2.24, 2.45) is 5.73 Å². The maximum Gasteiger partial charge on any atom is 0.416 e. The Morgan fingerprint density at radius 2 is 1.32 bits per heavy atom. The van der Waals surface area contributed by atoms with Crippen LogP contribution in [0.4, 0.5) is 13.2 Å². The Bertz CT molecular complexity index is 2520. The van der Waals surface area contributed by atoms with Gasteiger partial charge in [0, 0.05) is 73.4 Å². The van der Waals surface area contributed by atoms with Crippen LogP contribution < -0.4 is 11.1 Å². The molecule has 400 valence electrons. The molecule has 21 nitrogen and oxygen atoms in total. The number of aromatic carboxylic acids is 1. The second kappa shape index (κ2) is 35.6. The number of nitrogens with one attached hydrogen (secondary N) is 1. The van der Waals surface area contributed by atoms with Crippen LogP contribution in [0.1, 0.15) is 125 Å². The third-order valence-electron chi connectivity index (χ3n) is 9.43. The van der Waals surface area contributed by atoms with Crippen molar-refractivity contribution in [3.8, 4) is 0 Å². The fourth-order valence-corrected chi connectivity index (χ4v) is 7.47. The van der Waals surface area contributed by atoms with Crippen molar-refractivity contribution in [2.45, 2.75) is 104 Å². The molecule has 6 rings (SSSR count). The first-order valence-electron chi connectivity index (χ1n) is 23.1. The molecule has 0 fully saturated rings. The second-order valence-corrected chi connectivity index (χ2v) is 17.4. The molecule has 0 radical (unpaired) electrons. The van der Waals surface area contributed by atoms with Crippen molar-refractivity contribution in [1.82, 2.24) is 55.7 Å². The van der Waals surface area contributed by atoms with Gasteiger partial charge in [-0.1, -0.05) is 88.1 Å². The lowest BCUT2D eigenvalue weighted by Crippen LogP contribution is -2.26. The number of ketones is 1. The Labute approximate surface area is 429 Å². The zero-order valence-electron chi connectivity index (χ0n) is 41.8. The lowest BCUT2D eigenvalue weighted by molar-refractivity contribution is -0.137. The molecule has 0 unspecified atom stereocenters. The number of carboxylic acids is 1. The number of amides is 1. The maximum atomic E-state index is 12.8. The summed E-state index contributed by atoms with van der Waals surface area (Å²) in [5, 5.41) is 51.3. The van der Waals surface area contributed by atoms with Crippen LogP contribution in [0.15, 0.2) is 60.9 Å². The number of aliphatic hydroxyl groups excluding tert-OH is 1. The second-order valence-electron chi connectivity index (χ2n) is 15.2. The molecular formula is C47H65F3N12O9S2. The van der Waals surface area contributed by atoms with Crippen LogP contribution in [-0.2, 0) is 59.3 Å². The number of rotatable bonds is 24. The highest BCUT2D eigenvalue weighted by Gasteiger charge is 2.30. The molecule has 5 N–H and O–H groups in total. The van der Waals surface area contributed by atoms with Crippen molar-refractivity contribution in [3.05, 3.63) is 115 Å². The Kier molecular flexibility index (Phi) is 30.6. The topological polar surface area (TPSA) is 287 Å². The van der Waals surface area contributed by atoms with Gasteiger partial charge in [-0.25, -0.2) is 9.59 Å². The Balaban J connectivity index is 0.000000404. The van der Waals surface area contributed by atoms with Crippen LogP contribution in [0.2, 0.25) is 0 Å². The quantitative estimate of drug-likeness (QED) is 0.0286. The van der Waals surface area contributed by atoms with Gasteiger partial charge in [0.15, 0.2) is 11.5 Å². The normalized spacial score (nSPS) is 10.6. The smallest absolute Gasteiger partial charge is 0.416 e. The molecule has 0 saturated heterocycles. The number of alkyl halides is 3. The van der Waals surface area contributed by atoms with Gasteiger partial charge in [0.2, 0.25) is 10.0 Å². The molecule has 73 heavy (non-hydrogen) atoms. The number of methoxy groups -OCH3 is 2. The summed E-state index contributed by atoms with van der Waals surface area (Å²) in [5.74, 6) is -2.10. The third kappa shape index (κ3) is 25.2. The number of hydrogen-bond acceptors (Lipinski definition) is 19. The van der Waals surface area contributed by atoms with E-state index in [0.717, 1.165) is 68.0 Å². The number of Topliss-reactive ketones (excluding diaryl/α,β-unsaturated/α-hetero) is 1. The number of nitrogens with zero attached hydrogens (tertiary/aromatic N) is 10. The number of aromatic nitrogens is 10. The van der Waals surface area contributed by atoms with Crippen LogP contribution in [0.25, 0.3) is 0 Å². The molecule has 6 aromatic rings. The Morgan fingerprint density at radius 3 is 1.84 bits per heavy atom. The number of esters is 1. The van der Waals surface area contributed by atoms with E-state index in [2.05, 4.69) is 72.3 Å². The number of carbonyl (C=O) groups is 4. The predicted molar refractivity (Wildman–Crippen MR) is 266 cm³/mol. The predicted octanol–water partition coefficient (Wildman–Crippen LogP) is 6.50. The van der Waals surface area contributed by atoms with E-state index < -0.39 is 23.7 Å². The van der Waals surface area contributed by atoms with E-state index in [4.69, 9.17) is 30.2 Å². The van der Waals surface area contributed by atoms with Crippen molar-refractivity contribution in [3.63, 3.8) is 0 Å². The van der Waals surface area contributed by atoms with Crippen LogP contribution >= 0.6 is 22.7 Å². The monoisotopic (exact) mass is 1060 g/mol. The number of halogens is 3.